The minimum absolute atomic E-state index is 0.361. The van der Waals surface area contributed by atoms with Crippen molar-refractivity contribution in [1.29, 1.82) is 0 Å². The second kappa shape index (κ2) is 5.18. The number of aromatic nitrogens is 1. The van der Waals surface area contributed by atoms with Gasteiger partial charge in [-0.1, -0.05) is 18.2 Å². The molecule has 1 aromatic carbocycles. The maximum atomic E-state index is 12.2. The molecule has 92 valence electrons. The molecule has 0 atom stereocenters. The molecule has 2 N–H and O–H groups in total. The first-order chi connectivity index (χ1) is 8.68. The number of para-hydroxylation sites is 1. The lowest BCUT2D eigenvalue weighted by Crippen LogP contribution is -2.35. The van der Waals surface area contributed by atoms with E-state index in [1.807, 2.05) is 6.07 Å². The first-order valence-corrected chi connectivity index (χ1v) is 5.40. The topological polar surface area (TPSA) is 73.4 Å². The van der Waals surface area contributed by atoms with Crippen LogP contribution in [0.25, 0.3) is 0 Å². The number of nitrogens with one attached hydrogen (secondary N) is 1. The maximum absolute atomic E-state index is 12.2. The fourth-order valence-electron chi connectivity index (χ4n) is 1.63. The number of benzene rings is 1. The Morgan fingerprint density at radius 1 is 1.11 bits per heavy atom. The molecule has 5 heteroatoms. The van der Waals surface area contributed by atoms with E-state index in [9.17, 15) is 9.59 Å². The van der Waals surface area contributed by atoms with Crippen LogP contribution in [0.1, 0.15) is 10.5 Å². The number of anilines is 1. The zero-order valence-electron chi connectivity index (χ0n) is 9.54. The SMILES string of the molecule is O=C(O)CN(C(=O)c1ccc[nH]1)c1ccccc1. The molecular weight excluding hydrogens is 232 g/mol. The Labute approximate surface area is 104 Å². The Morgan fingerprint density at radius 3 is 2.39 bits per heavy atom. The van der Waals surface area contributed by atoms with E-state index < -0.39 is 5.97 Å². The minimum atomic E-state index is -1.06. The molecule has 0 radical (unpaired) electrons. The van der Waals surface area contributed by atoms with E-state index in [4.69, 9.17) is 5.11 Å². The van der Waals surface area contributed by atoms with E-state index in [1.54, 1.807) is 42.6 Å². The highest BCUT2D eigenvalue weighted by Crippen LogP contribution is 2.15. The molecule has 0 aliphatic heterocycles. The Bertz CT molecular complexity index is 535. The number of carbonyl (C=O) groups is 2. The molecule has 1 aromatic heterocycles. The van der Waals surface area contributed by atoms with Crippen molar-refractivity contribution in [3.63, 3.8) is 0 Å². The molecule has 0 fully saturated rings. The van der Waals surface area contributed by atoms with E-state index in [0.717, 1.165) is 0 Å². The average molecular weight is 244 g/mol. The van der Waals surface area contributed by atoms with E-state index in [-0.39, 0.29) is 12.5 Å². The van der Waals surface area contributed by atoms with Gasteiger partial charge in [0.2, 0.25) is 0 Å². The summed E-state index contributed by atoms with van der Waals surface area (Å²) in [7, 11) is 0. The Hall–Kier alpha value is -2.56. The largest absolute Gasteiger partial charge is 0.480 e. The minimum Gasteiger partial charge on any atom is -0.480 e. The Kier molecular flexibility index (Phi) is 3.43. The number of carboxylic acid groups (broad SMARTS) is 1. The molecule has 5 nitrogen and oxygen atoms in total. The van der Waals surface area contributed by atoms with Gasteiger partial charge in [-0.3, -0.25) is 14.5 Å². The van der Waals surface area contributed by atoms with Crippen LogP contribution >= 0.6 is 0 Å². The molecule has 2 rings (SSSR count). The number of carbonyl (C=O) groups excluding carboxylic acids is 1. The Morgan fingerprint density at radius 2 is 1.83 bits per heavy atom. The van der Waals surface area contributed by atoms with Gasteiger partial charge in [-0.05, 0) is 24.3 Å². The van der Waals surface area contributed by atoms with Crippen LogP contribution in [-0.2, 0) is 4.79 Å². The quantitative estimate of drug-likeness (QED) is 0.860. The summed E-state index contributed by atoms with van der Waals surface area (Å²) in [6.45, 7) is -0.373. The van der Waals surface area contributed by atoms with Crippen molar-refractivity contribution in [2.24, 2.45) is 0 Å². The smallest absolute Gasteiger partial charge is 0.323 e. The van der Waals surface area contributed by atoms with Gasteiger partial charge in [-0.2, -0.15) is 0 Å². The molecule has 1 amide bonds. The summed E-state index contributed by atoms with van der Waals surface area (Å²) in [5, 5.41) is 8.89. The zero-order valence-corrected chi connectivity index (χ0v) is 9.54. The molecule has 0 saturated carbocycles. The molecule has 0 aliphatic carbocycles. The lowest BCUT2D eigenvalue weighted by Gasteiger charge is -2.20. The number of H-pyrrole nitrogens is 1. The average Bonchev–Trinajstić information content (AvgIpc) is 2.90. The van der Waals surface area contributed by atoms with Crippen molar-refractivity contribution in [2.75, 3.05) is 11.4 Å². The summed E-state index contributed by atoms with van der Waals surface area (Å²) in [6.07, 6.45) is 1.62. The van der Waals surface area contributed by atoms with Crippen molar-refractivity contribution in [3.05, 3.63) is 54.4 Å². The van der Waals surface area contributed by atoms with Gasteiger partial charge in [-0.25, -0.2) is 0 Å². The summed E-state index contributed by atoms with van der Waals surface area (Å²) in [5.41, 5.74) is 0.916. The van der Waals surface area contributed by atoms with Gasteiger partial charge < -0.3 is 10.1 Å². The Balaban J connectivity index is 2.31. The van der Waals surface area contributed by atoms with Crippen molar-refractivity contribution in [2.45, 2.75) is 0 Å². The van der Waals surface area contributed by atoms with Crippen molar-refractivity contribution in [3.8, 4) is 0 Å². The fraction of sp³-hybridized carbons (Fsp3) is 0.0769. The molecule has 2 aromatic rings. The third kappa shape index (κ3) is 2.57. The van der Waals surface area contributed by atoms with Crippen LogP contribution in [0.5, 0.6) is 0 Å². The zero-order chi connectivity index (χ0) is 13.0. The van der Waals surface area contributed by atoms with E-state index in [1.165, 1.54) is 4.90 Å². The lowest BCUT2D eigenvalue weighted by molar-refractivity contribution is -0.135. The highest BCUT2D eigenvalue weighted by Gasteiger charge is 2.20. The molecule has 0 saturated heterocycles. The maximum Gasteiger partial charge on any atom is 0.323 e. The van der Waals surface area contributed by atoms with Crippen LogP contribution in [-0.4, -0.2) is 28.5 Å². The van der Waals surface area contributed by atoms with E-state index in [2.05, 4.69) is 4.98 Å². The highest BCUT2D eigenvalue weighted by atomic mass is 16.4. The molecule has 0 bridgehead atoms. The van der Waals surface area contributed by atoms with Crippen molar-refractivity contribution in [1.82, 2.24) is 4.98 Å². The summed E-state index contributed by atoms with van der Waals surface area (Å²) in [6, 6.07) is 12.0. The fourth-order valence-corrected chi connectivity index (χ4v) is 1.63. The number of rotatable bonds is 4. The number of hydrogen-bond donors (Lipinski definition) is 2. The number of aromatic amines is 1. The number of hydrogen-bond acceptors (Lipinski definition) is 2. The van der Waals surface area contributed by atoms with Crippen LogP contribution in [0.4, 0.5) is 5.69 Å². The molecular formula is C13H12N2O3. The number of nitrogens with zero attached hydrogens (tertiary/aromatic N) is 1. The van der Waals surface area contributed by atoms with Crippen LogP contribution in [0.2, 0.25) is 0 Å². The first kappa shape index (κ1) is 11.9. The molecule has 18 heavy (non-hydrogen) atoms. The van der Waals surface area contributed by atoms with Gasteiger partial charge in [0.1, 0.15) is 12.2 Å². The number of carboxylic acids is 1. The van der Waals surface area contributed by atoms with Crippen molar-refractivity contribution >= 4 is 17.6 Å². The second-order valence-electron chi connectivity index (χ2n) is 3.70. The van der Waals surface area contributed by atoms with Gasteiger partial charge in [-0.15, -0.1) is 0 Å². The monoisotopic (exact) mass is 244 g/mol. The first-order valence-electron chi connectivity index (χ1n) is 5.40. The predicted molar refractivity (Wildman–Crippen MR) is 66.5 cm³/mol. The van der Waals surface area contributed by atoms with Gasteiger partial charge in [0.15, 0.2) is 0 Å². The third-order valence-corrected chi connectivity index (χ3v) is 2.43. The predicted octanol–water partition coefficient (Wildman–Crippen LogP) is 1.75. The summed E-state index contributed by atoms with van der Waals surface area (Å²) in [5.74, 6) is -1.42. The van der Waals surface area contributed by atoms with Crippen LogP contribution in [0.3, 0.4) is 0 Å². The van der Waals surface area contributed by atoms with Gasteiger partial charge >= 0.3 is 5.97 Å². The summed E-state index contributed by atoms with van der Waals surface area (Å²) < 4.78 is 0. The van der Waals surface area contributed by atoms with Gasteiger partial charge in [0.05, 0.1) is 0 Å². The van der Waals surface area contributed by atoms with Gasteiger partial charge in [0, 0.05) is 11.9 Å². The van der Waals surface area contributed by atoms with Crippen LogP contribution in [0, 0.1) is 0 Å². The number of aliphatic carboxylic acids is 1. The third-order valence-electron chi connectivity index (χ3n) is 2.43. The number of amides is 1. The van der Waals surface area contributed by atoms with Crippen LogP contribution in [0.15, 0.2) is 48.7 Å². The molecule has 0 aliphatic rings. The second-order valence-corrected chi connectivity index (χ2v) is 3.70. The van der Waals surface area contributed by atoms with Crippen LogP contribution < -0.4 is 4.90 Å². The summed E-state index contributed by atoms with van der Waals surface area (Å²) >= 11 is 0. The molecule has 0 unspecified atom stereocenters. The van der Waals surface area contributed by atoms with E-state index in [0.29, 0.717) is 11.4 Å². The highest BCUT2D eigenvalue weighted by molar-refractivity contribution is 6.07. The van der Waals surface area contributed by atoms with E-state index >= 15 is 0 Å². The standard InChI is InChI=1S/C13H12N2O3/c16-12(17)9-15(10-5-2-1-3-6-10)13(18)11-7-4-8-14-11/h1-8,14H,9H2,(H,16,17). The molecule has 1 heterocycles. The van der Waals surface area contributed by atoms with Crippen molar-refractivity contribution < 1.29 is 14.7 Å². The molecule has 0 spiro atoms. The normalized spacial score (nSPS) is 10.0. The lowest BCUT2D eigenvalue weighted by atomic mass is 10.2. The van der Waals surface area contributed by atoms with Gasteiger partial charge in [0.25, 0.3) is 5.91 Å². The summed E-state index contributed by atoms with van der Waals surface area (Å²) in [4.78, 5) is 27.0.